The van der Waals surface area contributed by atoms with Crippen LogP contribution in [0.5, 0.6) is 0 Å². The molecule has 39 heavy (non-hydrogen) atoms. The largest absolute Gasteiger partial charge is 0.391 e. The highest BCUT2D eigenvalue weighted by atomic mass is 32.2. The average molecular weight is 569 g/mol. The van der Waals surface area contributed by atoms with Crippen LogP contribution in [0, 0.1) is 17.8 Å². The van der Waals surface area contributed by atoms with Crippen LogP contribution in [-0.4, -0.2) is 73.8 Å². The van der Waals surface area contributed by atoms with E-state index in [1.54, 1.807) is 13.0 Å². The standard InChI is InChI=1S/C28H39F3N4O3S/c1-5-39(37,38)24-11-10-23(32-14-24)13-33-27(36)21-12-20-17-35(25(18(2)3)26(20)34(4)16-21)15-19-6-8-22(9-7-19)28(29,30)31/h10-12,14,18-19,22,25H,5-9,13,15-17H2,1-4H3,(H,33,36)/t19?,22?,25-/m0/s1. The molecule has 7 nitrogen and oxygen atoms in total. The number of halogens is 3. The molecule has 1 saturated carbocycles. The summed E-state index contributed by atoms with van der Waals surface area (Å²) in [5.41, 5.74) is 3.48. The van der Waals surface area contributed by atoms with Crippen LogP contribution in [0.25, 0.3) is 0 Å². The van der Waals surface area contributed by atoms with E-state index in [1.807, 2.05) is 13.1 Å². The van der Waals surface area contributed by atoms with Crippen LogP contribution < -0.4 is 5.32 Å². The van der Waals surface area contributed by atoms with E-state index in [0.29, 0.717) is 43.1 Å². The minimum atomic E-state index is -4.10. The highest BCUT2D eigenvalue weighted by molar-refractivity contribution is 7.91. The van der Waals surface area contributed by atoms with Gasteiger partial charge in [-0.05, 0) is 61.3 Å². The summed E-state index contributed by atoms with van der Waals surface area (Å²) in [6.45, 7) is 7.98. The molecule has 11 heteroatoms. The highest BCUT2D eigenvalue weighted by Crippen LogP contribution is 2.42. The second-order valence-electron chi connectivity index (χ2n) is 11.4. The quantitative estimate of drug-likeness (QED) is 0.503. The molecule has 4 rings (SSSR count). The highest BCUT2D eigenvalue weighted by Gasteiger charge is 2.43. The zero-order chi connectivity index (χ0) is 28.5. The van der Waals surface area contributed by atoms with Crippen molar-refractivity contribution in [2.24, 2.45) is 17.8 Å². The Kier molecular flexibility index (Phi) is 8.80. The molecule has 0 aromatic carbocycles. The van der Waals surface area contributed by atoms with E-state index in [-0.39, 0.29) is 47.9 Å². The Morgan fingerprint density at radius 1 is 1.15 bits per heavy atom. The third kappa shape index (κ3) is 6.67. The zero-order valence-electron chi connectivity index (χ0n) is 23.1. The van der Waals surface area contributed by atoms with Gasteiger partial charge in [0, 0.05) is 44.1 Å². The zero-order valence-corrected chi connectivity index (χ0v) is 23.9. The molecule has 0 radical (unpaired) electrons. The summed E-state index contributed by atoms with van der Waals surface area (Å²) in [7, 11) is -1.35. The Bertz CT molecular complexity index is 1220. The molecular formula is C28H39F3N4O3S. The molecule has 1 fully saturated rings. The molecule has 1 atom stereocenters. The predicted octanol–water partition coefficient (Wildman–Crippen LogP) is 4.33. The molecule has 3 heterocycles. The van der Waals surface area contributed by atoms with Crippen molar-refractivity contribution in [2.75, 3.05) is 32.4 Å². The molecule has 0 bridgehead atoms. The van der Waals surface area contributed by atoms with Crippen LogP contribution in [0.1, 0.15) is 52.1 Å². The fraction of sp³-hybridized carbons (Fsp3) is 0.643. The number of nitrogens with one attached hydrogen (secondary N) is 1. The average Bonchev–Trinajstić information content (AvgIpc) is 3.26. The Hall–Kier alpha value is -2.40. The van der Waals surface area contributed by atoms with Gasteiger partial charge in [-0.25, -0.2) is 8.42 Å². The number of hydrogen-bond acceptors (Lipinski definition) is 6. The van der Waals surface area contributed by atoms with Gasteiger partial charge in [0.25, 0.3) is 0 Å². The van der Waals surface area contributed by atoms with Gasteiger partial charge in [0.15, 0.2) is 9.84 Å². The van der Waals surface area contributed by atoms with Gasteiger partial charge in [0.2, 0.25) is 5.91 Å². The minimum absolute atomic E-state index is 0.00144. The molecule has 0 spiro atoms. The van der Waals surface area contributed by atoms with Gasteiger partial charge in [0.05, 0.1) is 34.8 Å². The first-order valence-electron chi connectivity index (χ1n) is 13.7. The van der Waals surface area contributed by atoms with Crippen LogP contribution in [0.15, 0.2) is 46.1 Å². The summed E-state index contributed by atoms with van der Waals surface area (Å²) in [5, 5.41) is 2.89. The molecule has 1 aliphatic carbocycles. The molecule has 1 amide bonds. The van der Waals surface area contributed by atoms with Crippen LogP contribution in [-0.2, 0) is 21.2 Å². The number of pyridine rings is 1. The number of aromatic nitrogens is 1. The maximum Gasteiger partial charge on any atom is 0.391 e. The van der Waals surface area contributed by atoms with E-state index in [4.69, 9.17) is 0 Å². The first-order chi connectivity index (χ1) is 18.3. The van der Waals surface area contributed by atoms with Gasteiger partial charge in [0.1, 0.15) is 0 Å². The first-order valence-corrected chi connectivity index (χ1v) is 15.4. The third-order valence-corrected chi connectivity index (χ3v) is 9.96. The van der Waals surface area contributed by atoms with Crippen molar-refractivity contribution >= 4 is 15.7 Å². The van der Waals surface area contributed by atoms with Crippen molar-refractivity contribution in [3.05, 3.63) is 46.9 Å². The van der Waals surface area contributed by atoms with E-state index in [0.717, 1.165) is 12.1 Å². The molecular weight excluding hydrogens is 529 g/mol. The Balaban J connectivity index is 1.40. The van der Waals surface area contributed by atoms with E-state index in [2.05, 4.69) is 33.9 Å². The number of nitrogens with zero attached hydrogens (tertiary/aromatic N) is 3. The number of carbonyl (C=O) groups excluding carboxylic acids is 1. The van der Waals surface area contributed by atoms with Gasteiger partial charge in [-0.3, -0.25) is 14.7 Å². The second kappa shape index (κ2) is 11.6. The lowest BCUT2D eigenvalue weighted by atomic mass is 9.81. The number of carbonyl (C=O) groups is 1. The predicted molar refractivity (Wildman–Crippen MR) is 143 cm³/mol. The molecule has 2 aliphatic heterocycles. The summed E-state index contributed by atoms with van der Waals surface area (Å²) in [6.07, 6.45) is 0.781. The number of amides is 1. The maximum atomic E-state index is 13.1. The molecule has 216 valence electrons. The van der Waals surface area contributed by atoms with Crippen molar-refractivity contribution in [2.45, 2.75) is 70.1 Å². The number of rotatable bonds is 8. The summed E-state index contributed by atoms with van der Waals surface area (Å²) in [4.78, 5) is 21.9. The van der Waals surface area contributed by atoms with Gasteiger partial charge in [-0.1, -0.05) is 20.8 Å². The minimum Gasteiger partial charge on any atom is -0.372 e. The van der Waals surface area contributed by atoms with Crippen LogP contribution in [0.2, 0.25) is 0 Å². The van der Waals surface area contributed by atoms with Gasteiger partial charge in [-0.2, -0.15) is 13.2 Å². The van der Waals surface area contributed by atoms with Gasteiger partial charge in [-0.15, -0.1) is 0 Å². The normalized spacial score (nSPS) is 24.7. The van der Waals surface area contributed by atoms with Crippen molar-refractivity contribution in [3.8, 4) is 0 Å². The fourth-order valence-corrected chi connectivity index (χ4v) is 6.98. The van der Waals surface area contributed by atoms with Gasteiger partial charge >= 0.3 is 6.18 Å². The van der Waals surface area contributed by atoms with Crippen molar-refractivity contribution in [1.82, 2.24) is 20.1 Å². The fourth-order valence-electron chi connectivity index (χ4n) is 6.16. The summed E-state index contributed by atoms with van der Waals surface area (Å²) in [6, 6.07) is 3.27. The van der Waals surface area contributed by atoms with Crippen molar-refractivity contribution in [1.29, 1.82) is 0 Å². The molecule has 3 aliphatic rings. The van der Waals surface area contributed by atoms with Crippen LogP contribution in [0.3, 0.4) is 0 Å². The first kappa shape index (κ1) is 29.6. The Morgan fingerprint density at radius 3 is 2.41 bits per heavy atom. The summed E-state index contributed by atoms with van der Waals surface area (Å²) >= 11 is 0. The van der Waals surface area contributed by atoms with Crippen LogP contribution >= 0.6 is 0 Å². The van der Waals surface area contributed by atoms with E-state index < -0.39 is 21.9 Å². The topological polar surface area (TPSA) is 82.6 Å². The van der Waals surface area contributed by atoms with Crippen molar-refractivity contribution in [3.63, 3.8) is 0 Å². The molecule has 1 N–H and O–H groups in total. The summed E-state index contributed by atoms with van der Waals surface area (Å²) < 4.78 is 63.3. The lowest BCUT2D eigenvalue weighted by molar-refractivity contribution is -0.184. The molecule has 0 unspecified atom stereocenters. The molecule has 0 saturated heterocycles. The maximum absolute atomic E-state index is 13.1. The molecule has 1 aromatic heterocycles. The van der Waals surface area contributed by atoms with Crippen LogP contribution in [0.4, 0.5) is 13.2 Å². The van der Waals surface area contributed by atoms with E-state index >= 15 is 0 Å². The number of likely N-dealkylation sites (N-methyl/N-ethyl adjacent to an activating group) is 1. The monoisotopic (exact) mass is 568 g/mol. The number of alkyl halides is 3. The number of hydrogen-bond donors (Lipinski definition) is 1. The Morgan fingerprint density at radius 2 is 1.85 bits per heavy atom. The third-order valence-electron chi connectivity index (χ3n) is 8.24. The van der Waals surface area contributed by atoms with Gasteiger partial charge < -0.3 is 10.2 Å². The SMILES string of the molecule is CCS(=O)(=O)c1ccc(CNC(=O)C2=CC3=C([C@H](C(C)C)N(CC4CCC(C(F)(F)F)CC4)C3)N(C)C2)nc1. The molecule has 1 aromatic rings. The van der Waals surface area contributed by atoms with E-state index in [9.17, 15) is 26.4 Å². The van der Waals surface area contributed by atoms with E-state index in [1.165, 1.54) is 18.0 Å². The number of sulfone groups is 1. The smallest absolute Gasteiger partial charge is 0.372 e. The lowest BCUT2D eigenvalue weighted by Crippen LogP contribution is -2.43. The van der Waals surface area contributed by atoms with Crippen molar-refractivity contribution < 1.29 is 26.4 Å². The lowest BCUT2D eigenvalue weighted by Gasteiger charge is -2.38. The summed E-state index contributed by atoms with van der Waals surface area (Å²) in [5.74, 6) is -0.814. The Labute approximate surface area is 229 Å². The second-order valence-corrected chi connectivity index (χ2v) is 13.7.